The summed E-state index contributed by atoms with van der Waals surface area (Å²) >= 11 is 0. The summed E-state index contributed by atoms with van der Waals surface area (Å²) in [6.45, 7) is 0. The summed E-state index contributed by atoms with van der Waals surface area (Å²) in [6, 6.07) is 52.6. The van der Waals surface area contributed by atoms with Crippen LogP contribution in [0, 0.1) is 0 Å². The molecular formula is C43H25N3O. The minimum absolute atomic E-state index is 0.608. The molecule has 0 aliphatic heterocycles. The van der Waals surface area contributed by atoms with Gasteiger partial charge in [-0.2, -0.15) is 0 Å². The van der Waals surface area contributed by atoms with Gasteiger partial charge in [0.25, 0.3) is 0 Å². The summed E-state index contributed by atoms with van der Waals surface area (Å²) in [5.41, 5.74) is 11.8. The third-order valence-electron chi connectivity index (χ3n) is 9.30. The van der Waals surface area contributed by atoms with Crippen molar-refractivity contribution in [3.8, 4) is 67.5 Å². The van der Waals surface area contributed by atoms with Gasteiger partial charge < -0.3 is 4.42 Å². The molecule has 9 aromatic rings. The van der Waals surface area contributed by atoms with E-state index in [1.165, 1.54) is 38.6 Å². The molecule has 0 radical (unpaired) electrons. The van der Waals surface area contributed by atoms with Crippen molar-refractivity contribution in [1.82, 2.24) is 15.0 Å². The fourth-order valence-corrected chi connectivity index (χ4v) is 7.25. The van der Waals surface area contributed by atoms with Gasteiger partial charge in [-0.15, -0.1) is 0 Å². The molecule has 4 nitrogen and oxygen atoms in total. The van der Waals surface area contributed by atoms with Crippen molar-refractivity contribution in [2.75, 3.05) is 0 Å². The quantitative estimate of drug-likeness (QED) is 0.202. The number of fused-ring (bicyclic) bond motifs is 6. The molecule has 0 bridgehead atoms. The largest absolute Gasteiger partial charge is 0.456 e. The average Bonchev–Trinajstić information content (AvgIpc) is 3.69. The van der Waals surface area contributed by atoms with Crippen LogP contribution < -0.4 is 0 Å². The topological polar surface area (TPSA) is 51.8 Å². The number of hydrogen-bond donors (Lipinski definition) is 0. The Morgan fingerprint density at radius 3 is 1.38 bits per heavy atom. The van der Waals surface area contributed by atoms with E-state index in [4.69, 9.17) is 19.4 Å². The zero-order valence-corrected chi connectivity index (χ0v) is 25.2. The van der Waals surface area contributed by atoms with Crippen LogP contribution in [0.2, 0.25) is 0 Å². The van der Waals surface area contributed by atoms with E-state index in [0.717, 1.165) is 44.2 Å². The van der Waals surface area contributed by atoms with Crippen LogP contribution >= 0.6 is 0 Å². The summed E-state index contributed by atoms with van der Waals surface area (Å²) in [5.74, 6) is 1.87. The number of furan rings is 1. The van der Waals surface area contributed by atoms with E-state index in [2.05, 4.69) is 78.9 Å². The second-order valence-corrected chi connectivity index (χ2v) is 11.9. The SMILES string of the molecule is c1ccc(-c2nc(-c3ccccc3)nc(-c3cccc4oc5cccc(-c6ccc7c8c(cccc68)-c6ccccc6-7)c5c34)n2)cc1. The first-order chi connectivity index (χ1) is 23.3. The predicted molar refractivity (Wildman–Crippen MR) is 191 cm³/mol. The first kappa shape index (κ1) is 25.9. The molecule has 0 fully saturated rings. The highest BCUT2D eigenvalue weighted by atomic mass is 16.3. The van der Waals surface area contributed by atoms with E-state index >= 15 is 0 Å². The zero-order chi connectivity index (χ0) is 30.9. The van der Waals surface area contributed by atoms with Gasteiger partial charge in [0.05, 0.1) is 0 Å². The molecule has 7 aromatic carbocycles. The van der Waals surface area contributed by atoms with Crippen LogP contribution in [0.1, 0.15) is 0 Å². The second kappa shape index (κ2) is 10.1. The lowest BCUT2D eigenvalue weighted by atomic mass is 9.91. The maximum absolute atomic E-state index is 6.56. The first-order valence-electron chi connectivity index (χ1n) is 15.8. The first-order valence-corrected chi connectivity index (χ1v) is 15.8. The van der Waals surface area contributed by atoms with Crippen LogP contribution in [0.25, 0.3) is 100 Å². The molecule has 0 amide bonds. The summed E-state index contributed by atoms with van der Waals surface area (Å²) in [4.78, 5) is 15.1. The lowest BCUT2D eigenvalue weighted by molar-refractivity contribution is 0.669. The highest BCUT2D eigenvalue weighted by Gasteiger charge is 2.24. The van der Waals surface area contributed by atoms with Gasteiger partial charge in [-0.05, 0) is 56.3 Å². The monoisotopic (exact) mass is 599 g/mol. The molecule has 0 spiro atoms. The molecule has 4 heteroatoms. The van der Waals surface area contributed by atoms with Crippen molar-refractivity contribution < 1.29 is 4.42 Å². The van der Waals surface area contributed by atoms with E-state index in [1.54, 1.807) is 0 Å². The van der Waals surface area contributed by atoms with Crippen molar-refractivity contribution in [3.05, 3.63) is 152 Å². The Kier molecular flexibility index (Phi) is 5.54. The van der Waals surface area contributed by atoms with Crippen molar-refractivity contribution in [3.63, 3.8) is 0 Å². The molecule has 0 unspecified atom stereocenters. The van der Waals surface area contributed by atoms with Gasteiger partial charge >= 0.3 is 0 Å². The Hall–Kier alpha value is -6.39. The minimum Gasteiger partial charge on any atom is -0.456 e. The molecule has 2 heterocycles. The van der Waals surface area contributed by atoms with E-state index in [1.807, 2.05) is 72.8 Å². The Labute approximate surface area is 270 Å². The van der Waals surface area contributed by atoms with E-state index < -0.39 is 0 Å². The summed E-state index contributed by atoms with van der Waals surface area (Å²) < 4.78 is 6.56. The Morgan fingerprint density at radius 2 is 0.745 bits per heavy atom. The standard InChI is InChI=1S/C43H25N3O/c1-3-12-26(13-4-1)41-44-42(27-14-5-2-6-15-27)46-43(45-41)35-21-11-23-37-40(35)39-33(20-10-22-36(39)47-37)30-24-25-34-29-17-8-7-16-28(29)31-18-9-19-32(30)38(31)34/h1-25H. The molecular weight excluding hydrogens is 574 g/mol. The predicted octanol–water partition coefficient (Wildman–Crippen LogP) is 11.2. The molecule has 1 aliphatic rings. The molecule has 0 saturated carbocycles. The number of hydrogen-bond acceptors (Lipinski definition) is 4. The molecule has 2 aromatic heterocycles. The molecule has 10 rings (SSSR count). The van der Waals surface area contributed by atoms with Crippen molar-refractivity contribution >= 4 is 32.7 Å². The van der Waals surface area contributed by atoms with E-state index in [0.29, 0.717) is 17.5 Å². The van der Waals surface area contributed by atoms with Crippen LogP contribution in [0.3, 0.4) is 0 Å². The van der Waals surface area contributed by atoms with Crippen LogP contribution in [0.15, 0.2) is 156 Å². The fraction of sp³-hybridized carbons (Fsp3) is 0. The molecule has 0 N–H and O–H groups in total. The van der Waals surface area contributed by atoms with Gasteiger partial charge in [-0.3, -0.25) is 0 Å². The van der Waals surface area contributed by atoms with E-state index in [-0.39, 0.29) is 0 Å². The third-order valence-corrected chi connectivity index (χ3v) is 9.30. The molecule has 218 valence electrons. The van der Waals surface area contributed by atoms with Gasteiger partial charge in [-0.25, -0.2) is 15.0 Å². The van der Waals surface area contributed by atoms with Crippen molar-refractivity contribution in [1.29, 1.82) is 0 Å². The minimum atomic E-state index is 0.608. The maximum Gasteiger partial charge on any atom is 0.164 e. The smallest absolute Gasteiger partial charge is 0.164 e. The number of benzene rings is 7. The average molecular weight is 600 g/mol. The second-order valence-electron chi connectivity index (χ2n) is 11.9. The molecule has 0 atom stereocenters. The number of rotatable bonds is 4. The van der Waals surface area contributed by atoms with Crippen molar-refractivity contribution in [2.24, 2.45) is 0 Å². The Balaban J connectivity index is 1.25. The Morgan fingerprint density at radius 1 is 0.298 bits per heavy atom. The lowest BCUT2D eigenvalue weighted by Crippen LogP contribution is -2.00. The maximum atomic E-state index is 6.56. The van der Waals surface area contributed by atoms with Crippen LogP contribution in [0.4, 0.5) is 0 Å². The zero-order valence-electron chi connectivity index (χ0n) is 25.2. The van der Waals surface area contributed by atoms with Crippen LogP contribution in [0.5, 0.6) is 0 Å². The van der Waals surface area contributed by atoms with Crippen molar-refractivity contribution in [2.45, 2.75) is 0 Å². The molecule has 1 aliphatic carbocycles. The highest BCUT2D eigenvalue weighted by molar-refractivity contribution is 6.23. The van der Waals surface area contributed by atoms with Crippen LogP contribution in [-0.4, -0.2) is 15.0 Å². The lowest BCUT2D eigenvalue weighted by Gasteiger charge is -2.12. The highest BCUT2D eigenvalue weighted by Crippen LogP contribution is 2.50. The number of nitrogens with zero attached hydrogens (tertiary/aromatic N) is 3. The van der Waals surface area contributed by atoms with Gasteiger partial charge in [0.15, 0.2) is 17.5 Å². The van der Waals surface area contributed by atoms with Gasteiger partial charge in [0.2, 0.25) is 0 Å². The molecule has 47 heavy (non-hydrogen) atoms. The van der Waals surface area contributed by atoms with Gasteiger partial charge in [0, 0.05) is 27.5 Å². The summed E-state index contributed by atoms with van der Waals surface area (Å²) in [6.07, 6.45) is 0. The normalized spacial score (nSPS) is 11.8. The Bertz CT molecular complexity index is 2590. The van der Waals surface area contributed by atoms with Gasteiger partial charge in [-0.1, -0.05) is 140 Å². The number of aromatic nitrogens is 3. The summed E-state index contributed by atoms with van der Waals surface area (Å²) in [7, 11) is 0. The fourth-order valence-electron chi connectivity index (χ4n) is 7.25. The third kappa shape index (κ3) is 3.92. The summed E-state index contributed by atoms with van der Waals surface area (Å²) in [5, 5.41) is 4.58. The van der Waals surface area contributed by atoms with Gasteiger partial charge in [0.1, 0.15) is 11.2 Å². The van der Waals surface area contributed by atoms with E-state index in [9.17, 15) is 0 Å². The van der Waals surface area contributed by atoms with Crippen LogP contribution in [-0.2, 0) is 0 Å². The molecule has 0 saturated heterocycles.